The number of nitrogens with zero attached hydrogens (tertiary/aromatic N) is 1. The highest BCUT2D eigenvalue weighted by Gasteiger charge is 2.23. The third-order valence-corrected chi connectivity index (χ3v) is 4.19. The lowest BCUT2D eigenvalue weighted by Gasteiger charge is -2.23. The van der Waals surface area contributed by atoms with Crippen LogP contribution in [0.3, 0.4) is 0 Å². The molecule has 0 aromatic heterocycles. The first-order valence-electron chi connectivity index (χ1n) is 7.61. The minimum absolute atomic E-state index is 0.201. The summed E-state index contributed by atoms with van der Waals surface area (Å²) in [6.07, 6.45) is 3.57. The zero-order valence-corrected chi connectivity index (χ0v) is 13.0. The van der Waals surface area contributed by atoms with Crippen LogP contribution in [-0.4, -0.2) is 29.7 Å². The molecule has 1 heterocycles. The normalized spacial score (nSPS) is 18.7. The van der Waals surface area contributed by atoms with E-state index in [9.17, 15) is 4.39 Å². The molecule has 114 valence electrons. The second-order valence-electron chi connectivity index (χ2n) is 6.56. The number of aliphatic hydroxyl groups is 1. The van der Waals surface area contributed by atoms with Crippen molar-refractivity contribution in [1.29, 1.82) is 0 Å². The molecule has 0 amide bonds. The number of benzene rings is 1. The molecule has 0 radical (unpaired) electrons. The summed E-state index contributed by atoms with van der Waals surface area (Å²) in [5.41, 5.74) is 1.74. The highest BCUT2D eigenvalue weighted by molar-refractivity contribution is 5.37. The van der Waals surface area contributed by atoms with Crippen LogP contribution in [0.5, 0.6) is 0 Å². The molecular weight excluding hydrogens is 265 g/mol. The Morgan fingerprint density at radius 2 is 2.10 bits per heavy atom. The van der Waals surface area contributed by atoms with E-state index in [1.54, 1.807) is 0 Å². The van der Waals surface area contributed by atoms with Crippen LogP contribution < -0.4 is 0 Å². The fraction of sp³-hybridized carbons (Fsp3) is 0.556. The van der Waals surface area contributed by atoms with Gasteiger partial charge in [-0.2, -0.15) is 0 Å². The maximum absolute atomic E-state index is 14.1. The highest BCUT2D eigenvalue weighted by Crippen LogP contribution is 2.30. The molecule has 0 saturated carbocycles. The van der Waals surface area contributed by atoms with Crippen LogP contribution in [0.15, 0.2) is 18.2 Å². The van der Waals surface area contributed by atoms with Gasteiger partial charge in [-0.25, -0.2) is 4.39 Å². The molecule has 0 atom stereocenters. The van der Waals surface area contributed by atoms with Crippen LogP contribution in [0.4, 0.5) is 4.39 Å². The number of hydrogen-bond donors (Lipinski definition) is 1. The SMILES string of the molecule is CC1(C)CCCN(Cc2ccc(C#CCO)cc2F)CC1. The third kappa shape index (κ3) is 4.84. The first kappa shape index (κ1) is 16.0. The van der Waals surface area contributed by atoms with Gasteiger partial charge in [0.05, 0.1) is 0 Å². The molecule has 1 fully saturated rings. The van der Waals surface area contributed by atoms with Crippen LogP contribution >= 0.6 is 0 Å². The molecule has 0 unspecified atom stereocenters. The Balaban J connectivity index is 2.02. The standard InChI is InChI=1S/C18H24FNO/c1-18(2)8-4-10-20(11-9-18)14-16-7-6-15(5-3-12-21)13-17(16)19/h6-7,13,21H,4,8-12,14H2,1-2H3. The predicted octanol–water partition coefficient (Wildman–Crippen LogP) is 3.18. The van der Waals surface area contributed by atoms with Crippen molar-refractivity contribution in [3.8, 4) is 11.8 Å². The van der Waals surface area contributed by atoms with Gasteiger partial charge in [-0.15, -0.1) is 0 Å². The second kappa shape index (κ2) is 7.06. The van der Waals surface area contributed by atoms with Crippen molar-refractivity contribution < 1.29 is 9.50 Å². The fourth-order valence-electron chi connectivity index (χ4n) is 2.77. The fourth-order valence-corrected chi connectivity index (χ4v) is 2.77. The van der Waals surface area contributed by atoms with E-state index in [-0.39, 0.29) is 12.4 Å². The highest BCUT2D eigenvalue weighted by atomic mass is 19.1. The molecule has 0 spiro atoms. The quantitative estimate of drug-likeness (QED) is 0.845. The molecule has 0 aliphatic carbocycles. The number of rotatable bonds is 2. The lowest BCUT2D eigenvalue weighted by molar-refractivity contribution is 0.253. The van der Waals surface area contributed by atoms with Gasteiger partial charge in [-0.3, -0.25) is 4.90 Å². The van der Waals surface area contributed by atoms with E-state index >= 15 is 0 Å². The van der Waals surface area contributed by atoms with Crippen molar-refractivity contribution in [3.05, 3.63) is 35.1 Å². The molecular formula is C18H24FNO. The molecule has 0 bridgehead atoms. The van der Waals surface area contributed by atoms with E-state index in [2.05, 4.69) is 30.6 Å². The number of likely N-dealkylation sites (tertiary alicyclic amines) is 1. The Hall–Kier alpha value is -1.37. The van der Waals surface area contributed by atoms with Crippen LogP contribution in [0, 0.1) is 23.1 Å². The largest absolute Gasteiger partial charge is 0.384 e. The first-order valence-corrected chi connectivity index (χ1v) is 7.61. The van der Waals surface area contributed by atoms with Gasteiger partial charge in [0.1, 0.15) is 12.4 Å². The van der Waals surface area contributed by atoms with Crippen molar-refractivity contribution in [2.75, 3.05) is 19.7 Å². The van der Waals surface area contributed by atoms with Gasteiger partial charge in [0.15, 0.2) is 0 Å². The lowest BCUT2D eigenvalue weighted by Crippen LogP contribution is -2.25. The summed E-state index contributed by atoms with van der Waals surface area (Å²) in [6.45, 7) is 7.15. The van der Waals surface area contributed by atoms with Crippen molar-refractivity contribution in [1.82, 2.24) is 4.90 Å². The minimum atomic E-state index is -0.205. The van der Waals surface area contributed by atoms with E-state index in [1.165, 1.54) is 18.9 Å². The summed E-state index contributed by atoms with van der Waals surface area (Å²) in [5, 5.41) is 8.66. The molecule has 3 heteroatoms. The van der Waals surface area contributed by atoms with Gasteiger partial charge < -0.3 is 5.11 Å². The van der Waals surface area contributed by atoms with Gasteiger partial charge in [0.2, 0.25) is 0 Å². The van der Waals surface area contributed by atoms with Gasteiger partial charge in [-0.05, 0) is 49.9 Å². The summed E-state index contributed by atoms with van der Waals surface area (Å²) in [7, 11) is 0. The van der Waals surface area contributed by atoms with E-state index < -0.39 is 0 Å². The smallest absolute Gasteiger partial charge is 0.128 e. The first-order chi connectivity index (χ1) is 10.00. The second-order valence-corrected chi connectivity index (χ2v) is 6.56. The van der Waals surface area contributed by atoms with Gasteiger partial charge in [-0.1, -0.05) is 31.8 Å². The molecule has 2 nitrogen and oxygen atoms in total. The van der Waals surface area contributed by atoms with Crippen molar-refractivity contribution in [2.45, 2.75) is 39.7 Å². The maximum Gasteiger partial charge on any atom is 0.128 e. The van der Waals surface area contributed by atoms with Crippen molar-refractivity contribution >= 4 is 0 Å². The zero-order valence-electron chi connectivity index (χ0n) is 13.0. The lowest BCUT2D eigenvalue weighted by atomic mass is 9.85. The Morgan fingerprint density at radius 1 is 1.29 bits per heavy atom. The molecule has 1 aliphatic rings. The summed E-state index contributed by atoms with van der Waals surface area (Å²) in [5.74, 6) is 5.07. The Kier molecular flexibility index (Phi) is 5.39. The van der Waals surface area contributed by atoms with E-state index in [1.807, 2.05) is 12.1 Å². The Morgan fingerprint density at radius 3 is 2.81 bits per heavy atom. The van der Waals surface area contributed by atoms with Gasteiger partial charge in [0, 0.05) is 17.7 Å². The number of halogens is 1. The van der Waals surface area contributed by atoms with Crippen molar-refractivity contribution in [3.63, 3.8) is 0 Å². The molecule has 1 saturated heterocycles. The van der Waals surface area contributed by atoms with Gasteiger partial charge >= 0.3 is 0 Å². The zero-order chi connectivity index (χ0) is 15.3. The average molecular weight is 289 g/mol. The number of hydrogen-bond acceptors (Lipinski definition) is 2. The van der Waals surface area contributed by atoms with E-state index in [0.717, 1.165) is 25.1 Å². The summed E-state index contributed by atoms with van der Waals surface area (Å²) in [4.78, 5) is 2.34. The van der Waals surface area contributed by atoms with Gasteiger partial charge in [0.25, 0.3) is 0 Å². The Bertz CT molecular complexity index is 542. The molecule has 1 N–H and O–H groups in total. The molecule has 1 aliphatic heterocycles. The van der Waals surface area contributed by atoms with Crippen LogP contribution in [0.1, 0.15) is 44.2 Å². The summed E-state index contributed by atoms with van der Waals surface area (Å²) in [6, 6.07) is 5.09. The topological polar surface area (TPSA) is 23.5 Å². The summed E-state index contributed by atoms with van der Waals surface area (Å²) < 4.78 is 14.1. The monoisotopic (exact) mass is 289 g/mol. The maximum atomic E-state index is 14.1. The molecule has 1 aromatic rings. The van der Waals surface area contributed by atoms with E-state index in [4.69, 9.17) is 5.11 Å². The predicted molar refractivity (Wildman–Crippen MR) is 83.3 cm³/mol. The average Bonchev–Trinajstić information content (AvgIpc) is 2.60. The summed E-state index contributed by atoms with van der Waals surface area (Å²) >= 11 is 0. The van der Waals surface area contributed by atoms with Crippen LogP contribution in [0.25, 0.3) is 0 Å². The Labute approximate surface area is 127 Å². The van der Waals surface area contributed by atoms with Crippen LogP contribution in [-0.2, 0) is 6.54 Å². The minimum Gasteiger partial charge on any atom is -0.384 e. The molecule has 1 aromatic carbocycles. The van der Waals surface area contributed by atoms with Crippen LogP contribution in [0.2, 0.25) is 0 Å². The third-order valence-electron chi connectivity index (χ3n) is 4.19. The van der Waals surface area contributed by atoms with Crippen molar-refractivity contribution in [2.24, 2.45) is 5.41 Å². The molecule has 2 rings (SSSR count). The van der Waals surface area contributed by atoms with E-state index in [0.29, 0.717) is 17.5 Å². The number of aliphatic hydroxyl groups excluding tert-OH is 1. The molecule has 21 heavy (non-hydrogen) atoms.